The fraction of sp³-hybridized carbons (Fsp3) is 0.412. The largest absolute Gasteiger partial charge is 0.462 e. The van der Waals surface area contributed by atoms with Gasteiger partial charge in [0, 0.05) is 12.7 Å². The Balaban J connectivity index is 1.88. The highest BCUT2D eigenvalue weighted by Crippen LogP contribution is 2.30. The minimum absolute atomic E-state index is 0.0192. The highest BCUT2D eigenvalue weighted by molar-refractivity contribution is 6.35. The highest BCUT2D eigenvalue weighted by atomic mass is 35.5. The van der Waals surface area contributed by atoms with Crippen LogP contribution in [0.2, 0.25) is 5.15 Å². The summed E-state index contributed by atoms with van der Waals surface area (Å²) in [7, 11) is 0. The summed E-state index contributed by atoms with van der Waals surface area (Å²) in [6.45, 7) is 2.55. The van der Waals surface area contributed by atoms with Gasteiger partial charge in [-0.2, -0.15) is 0 Å². The lowest BCUT2D eigenvalue weighted by Crippen LogP contribution is -2.27. The molecule has 2 fully saturated rings. The molecule has 132 valence electrons. The molecule has 0 radical (unpaired) electrons. The lowest BCUT2D eigenvalue weighted by atomic mass is 9.97. The summed E-state index contributed by atoms with van der Waals surface area (Å²) in [6.07, 6.45) is 3.31. The first kappa shape index (κ1) is 17.4. The molecule has 3 heterocycles. The van der Waals surface area contributed by atoms with Crippen LogP contribution < -0.4 is 0 Å². The maximum atomic E-state index is 12.8. The summed E-state index contributed by atoms with van der Waals surface area (Å²) in [5.41, 5.74) is 0.0534. The molecule has 2 aliphatic rings. The Labute approximate surface area is 149 Å². The van der Waals surface area contributed by atoms with E-state index in [1.54, 1.807) is 24.0 Å². The third-order valence-corrected chi connectivity index (χ3v) is 4.53. The number of amides is 1. The number of hydrogen-bond acceptors (Lipinski definition) is 6. The molecule has 7 nitrogen and oxygen atoms in total. The monoisotopic (exact) mass is 364 g/mol. The van der Waals surface area contributed by atoms with Crippen molar-refractivity contribution in [2.75, 3.05) is 19.8 Å². The number of fused-ring (bicyclic) bond motifs is 1. The van der Waals surface area contributed by atoms with E-state index in [1.165, 1.54) is 12.3 Å². The summed E-state index contributed by atoms with van der Waals surface area (Å²) in [5, 5.41) is 0.0262. The topological polar surface area (TPSA) is 85.8 Å². The standard InChI is InChI=1S/C17H17ClN2O5/c1-2-24-16(22)13(14(21)12-4-3-5-19-15(12)18)7-10-6-11-9-25-17(23)20(11)8-10/h3-5,7,10-11H,2,6,8-9H2,1H3/t10-,11-/m0/s1. The van der Waals surface area contributed by atoms with Crippen LogP contribution in [0.4, 0.5) is 4.79 Å². The van der Waals surface area contributed by atoms with Crippen LogP contribution in [0, 0.1) is 5.92 Å². The molecule has 0 unspecified atom stereocenters. The number of pyridine rings is 1. The third-order valence-electron chi connectivity index (χ3n) is 4.23. The Morgan fingerprint density at radius 2 is 2.32 bits per heavy atom. The maximum Gasteiger partial charge on any atom is 0.410 e. The molecule has 3 rings (SSSR count). The number of halogens is 1. The average molecular weight is 365 g/mol. The minimum atomic E-state index is -0.706. The first-order valence-electron chi connectivity index (χ1n) is 7.98. The van der Waals surface area contributed by atoms with E-state index in [2.05, 4.69) is 4.98 Å². The number of Topliss-reactive ketones (excluding diaryl/α,β-unsaturated/α-hetero) is 1. The number of hydrogen-bond donors (Lipinski definition) is 0. The van der Waals surface area contributed by atoms with Crippen molar-refractivity contribution in [2.45, 2.75) is 19.4 Å². The van der Waals surface area contributed by atoms with Gasteiger partial charge in [-0.05, 0) is 31.4 Å². The van der Waals surface area contributed by atoms with E-state index in [9.17, 15) is 14.4 Å². The predicted octanol–water partition coefficient (Wildman–Crippen LogP) is 2.25. The van der Waals surface area contributed by atoms with Gasteiger partial charge in [-0.1, -0.05) is 17.7 Å². The van der Waals surface area contributed by atoms with Gasteiger partial charge >= 0.3 is 12.1 Å². The van der Waals surface area contributed by atoms with Gasteiger partial charge in [0.15, 0.2) is 0 Å². The molecule has 25 heavy (non-hydrogen) atoms. The number of esters is 1. The minimum Gasteiger partial charge on any atom is -0.462 e. The number of nitrogens with zero attached hydrogens (tertiary/aromatic N) is 2. The second-order valence-electron chi connectivity index (χ2n) is 5.85. The van der Waals surface area contributed by atoms with Crippen LogP contribution in [0.15, 0.2) is 30.0 Å². The van der Waals surface area contributed by atoms with Crippen LogP contribution >= 0.6 is 11.6 Å². The zero-order valence-electron chi connectivity index (χ0n) is 13.6. The SMILES string of the molecule is CCOC(=O)C(=C[C@@H]1C[C@H]2COC(=O)N2C1)C(=O)c1cccnc1Cl. The lowest BCUT2D eigenvalue weighted by Gasteiger charge is -2.11. The normalized spacial score (nSPS) is 22.6. The molecule has 1 amide bonds. The highest BCUT2D eigenvalue weighted by Gasteiger charge is 2.41. The van der Waals surface area contributed by atoms with E-state index in [0.29, 0.717) is 19.6 Å². The molecule has 0 aliphatic carbocycles. The lowest BCUT2D eigenvalue weighted by molar-refractivity contribution is -0.138. The molecular weight excluding hydrogens is 348 g/mol. The van der Waals surface area contributed by atoms with E-state index in [-0.39, 0.29) is 40.9 Å². The van der Waals surface area contributed by atoms with Crippen LogP contribution in [-0.2, 0) is 14.3 Å². The van der Waals surface area contributed by atoms with Gasteiger partial charge < -0.3 is 14.4 Å². The van der Waals surface area contributed by atoms with Crippen molar-refractivity contribution < 1.29 is 23.9 Å². The van der Waals surface area contributed by atoms with Gasteiger partial charge in [0.25, 0.3) is 0 Å². The smallest absolute Gasteiger partial charge is 0.410 e. The number of aromatic nitrogens is 1. The number of carbonyl (C=O) groups excluding carboxylic acids is 3. The van der Waals surface area contributed by atoms with Crippen molar-refractivity contribution in [2.24, 2.45) is 5.92 Å². The molecule has 0 saturated carbocycles. The molecular formula is C17H17ClN2O5. The zero-order valence-corrected chi connectivity index (χ0v) is 14.4. The number of cyclic esters (lactones) is 1. The van der Waals surface area contributed by atoms with Gasteiger partial charge in [-0.25, -0.2) is 14.6 Å². The average Bonchev–Trinajstić information content (AvgIpc) is 3.14. The molecule has 2 atom stereocenters. The van der Waals surface area contributed by atoms with E-state index in [0.717, 1.165) is 0 Å². The van der Waals surface area contributed by atoms with E-state index in [1.807, 2.05) is 0 Å². The van der Waals surface area contributed by atoms with Crippen molar-refractivity contribution >= 4 is 29.4 Å². The van der Waals surface area contributed by atoms with E-state index >= 15 is 0 Å². The van der Waals surface area contributed by atoms with Gasteiger partial charge in [-0.15, -0.1) is 0 Å². The molecule has 2 aliphatic heterocycles. The number of rotatable bonds is 5. The molecule has 0 N–H and O–H groups in total. The fourth-order valence-corrected chi connectivity index (χ4v) is 3.29. The Morgan fingerprint density at radius 3 is 3.00 bits per heavy atom. The molecule has 0 bridgehead atoms. The fourth-order valence-electron chi connectivity index (χ4n) is 3.09. The third kappa shape index (κ3) is 3.51. The zero-order chi connectivity index (χ0) is 18.0. The number of carbonyl (C=O) groups is 3. The quantitative estimate of drug-likeness (QED) is 0.199. The second kappa shape index (κ2) is 7.23. The second-order valence-corrected chi connectivity index (χ2v) is 6.21. The van der Waals surface area contributed by atoms with Crippen molar-refractivity contribution in [3.8, 4) is 0 Å². The summed E-state index contributed by atoms with van der Waals surface area (Å²) >= 11 is 5.98. The van der Waals surface area contributed by atoms with Crippen LogP contribution in [0.5, 0.6) is 0 Å². The van der Waals surface area contributed by atoms with Gasteiger partial charge in [0.05, 0.1) is 18.2 Å². The first-order valence-corrected chi connectivity index (χ1v) is 8.36. The predicted molar refractivity (Wildman–Crippen MR) is 88.2 cm³/mol. The van der Waals surface area contributed by atoms with Crippen molar-refractivity contribution in [3.63, 3.8) is 0 Å². The molecule has 8 heteroatoms. The van der Waals surface area contributed by atoms with E-state index < -0.39 is 11.8 Å². The Morgan fingerprint density at radius 1 is 1.52 bits per heavy atom. The molecule has 0 spiro atoms. The Bertz CT molecular complexity index is 748. The summed E-state index contributed by atoms with van der Waals surface area (Å²) in [6, 6.07) is 3.06. The summed E-state index contributed by atoms with van der Waals surface area (Å²) in [5.74, 6) is -1.37. The molecule has 1 aromatic heterocycles. The maximum absolute atomic E-state index is 12.8. The van der Waals surface area contributed by atoms with Crippen molar-refractivity contribution in [3.05, 3.63) is 40.7 Å². The number of ether oxygens (including phenoxy) is 2. The van der Waals surface area contributed by atoms with Crippen molar-refractivity contribution in [1.29, 1.82) is 0 Å². The molecule has 1 aromatic rings. The number of ketones is 1. The Kier molecular flexibility index (Phi) is 5.03. The summed E-state index contributed by atoms with van der Waals surface area (Å²) < 4.78 is 9.99. The first-order chi connectivity index (χ1) is 12.0. The Hall–Kier alpha value is -2.41. The van der Waals surface area contributed by atoms with Crippen LogP contribution in [-0.4, -0.2) is 53.5 Å². The van der Waals surface area contributed by atoms with Crippen LogP contribution in [0.25, 0.3) is 0 Å². The van der Waals surface area contributed by atoms with Crippen LogP contribution in [0.3, 0.4) is 0 Å². The van der Waals surface area contributed by atoms with Crippen LogP contribution in [0.1, 0.15) is 23.7 Å². The van der Waals surface area contributed by atoms with Crippen molar-refractivity contribution in [1.82, 2.24) is 9.88 Å². The van der Waals surface area contributed by atoms with Gasteiger partial charge in [0.1, 0.15) is 17.3 Å². The van der Waals surface area contributed by atoms with Gasteiger partial charge in [-0.3, -0.25) is 4.79 Å². The van der Waals surface area contributed by atoms with Gasteiger partial charge in [0.2, 0.25) is 5.78 Å². The van der Waals surface area contributed by atoms with E-state index in [4.69, 9.17) is 21.1 Å². The molecule has 0 aromatic carbocycles. The molecule has 2 saturated heterocycles. The summed E-state index contributed by atoms with van der Waals surface area (Å²) in [4.78, 5) is 42.2.